The molecular weight excluding hydrogens is 240 g/mol. The van der Waals surface area contributed by atoms with Gasteiger partial charge in [0.05, 0.1) is 0 Å². The van der Waals surface area contributed by atoms with Gasteiger partial charge in [0, 0.05) is 6.42 Å². The fourth-order valence-electron chi connectivity index (χ4n) is 1.82. The molecule has 0 aliphatic heterocycles. The Morgan fingerprint density at radius 1 is 1.26 bits per heavy atom. The third-order valence-corrected chi connectivity index (χ3v) is 2.80. The van der Waals surface area contributed by atoms with E-state index in [9.17, 15) is 9.90 Å². The molecule has 3 heteroatoms. The molecule has 0 aliphatic rings. The summed E-state index contributed by atoms with van der Waals surface area (Å²) in [6.45, 7) is 13.9. The predicted octanol–water partition coefficient (Wildman–Crippen LogP) is 3.82. The highest BCUT2D eigenvalue weighted by Gasteiger charge is 2.20. The summed E-state index contributed by atoms with van der Waals surface area (Å²) in [5.74, 6) is -0.482. The first-order valence-corrected chi connectivity index (χ1v) is 6.26. The van der Waals surface area contributed by atoms with Crippen LogP contribution in [0.1, 0.15) is 43.9 Å². The quantitative estimate of drug-likeness (QED) is 0.816. The van der Waals surface area contributed by atoms with Gasteiger partial charge in [-0.3, -0.25) is 4.79 Å². The first-order valence-electron chi connectivity index (χ1n) is 6.26. The van der Waals surface area contributed by atoms with Crippen molar-refractivity contribution in [3.63, 3.8) is 0 Å². The van der Waals surface area contributed by atoms with Gasteiger partial charge in [0.25, 0.3) is 0 Å². The Morgan fingerprint density at radius 2 is 1.79 bits per heavy atom. The zero-order valence-corrected chi connectivity index (χ0v) is 12.3. The highest BCUT2D eigenvalue weighted by atomic mass is 16.4. The maximum atomic E-state index is 10.6. The summed E-state index contributed by atoms with van der Waals surface area (Å²) in [5.41, 5.74) is 2.50. The van der Waals surface area contributed by atoms with Crippen molar-refractivity contribution in [2.45, 2.75) is 46.0 Å². The summed E-state index contributed by atoms with van der Waals surface area (Å²) in [4.78, 5) is 10.6. The third kappa shape index (κ3) is 5.16. The second kappa shape index (κ2) is 6.98. The fraction of sp³-hybridized carbons (Fsp3) is 0.438. The maximum absolute atomic E-state index is 10.6. The number of phenolic OH excluding ortho intramolecular Hbond substituents is 1. The summed E-state index contributed by atoms with van der Waals surface area (Å²) in [6, 6.07) is 3.76. The lowest BCUT2D eigenvalue weighted by atomic mass is 9.83. The molecule has 0 bridgehead atoms. The Labute approximate surface area is 115 Å². The van der Waals surface area contributed by atoms with E-state index in [1.165, 1.54) is 0 Å². The number of carboxylic acids is 1. The Bertz CT molecular complexity index is 442. The summed E-state index contributed by atoms with van der Waals surface area (Å²) < 4.78 is 0. The Balaban J connectivity index is 0.00000154. The molecule has 2 N–H and O–H groups in total. The van der Waals surface area contributed by atoms with Crippen LogP contribution in [0, 0.1) is 6.92 Å². The van der Waals surface area contributed by atoms with Crippen LogP contribution >= 0.6 is 0 Å². The summed E-state index contributed by atoms with van der Waals surface area (Å²) in [7, 11) is 0. The minimum atomic E-state index is -0.798. The molecule has 0 aliphatic carbocycles. The van der Waals surface area contributed by atoms with E-state index in [4.69, 9.17) is 5.11 Å². The number of aromatic hydroxyl groups is 1. The van der Waals surface area contributed by atoms with Crippen molar-refractivity contribution in [3.05, 3.63) is 42.0 Å². The second-order valence-electron chi connectivity index (χ2n) is 5.45. The number of aliphatic carboxylic acids is 1. The smallest absolute Gasteiger partial charge is 0.303 e. The van der Waals surface area contributed by atoms with Gasteiger partial charge in [0.2, 0.25) is 0 Å². The Kier molecular flexibility index (Phi) is 6.33. The zero-order valence-electron chi connectivity index (χ0n) is 12.3. The van der Waals surface area contributed by atoms with Crippen molar-refractivity contribution in [2.75, 3.05) is 0 Å². The van der Waals surface area contributed by atoms with Crippen LogP contribution in [0.15, 0.2) is 25.3 Å². The molecule has 0 unspecified atom stereocenters. The van der Waals surface area contributed by atoms with E-state index >= 15 is 0 Å². The maximum Gasteiger partial charge on any atom is 0.303 e. The van der Waals surface area contributed by atoms with E-state index in [1.54, 1.807) is 0 Å². The lowest BCUT2D eigenvalue weighted by Crippen LogP contribution is -2.12. The highest BCUT2D eigenvalue weighted by molar-refractivity contribution is 5.67. The molecule has 3 nitrogen and oxygen atoms in total. The van der Waals surface area contributed by atoms with Crippen LogP contribution in [0.3, 0.4) is 0 Å². The van der Waals surface area contributed by atoms with Crippen molar-refractivity contribution in [1.29, 1.82) is 0 Å². The summed E-state index contributed by atoms with van der Waals surface area (Å²) >= 11 is 0. The number of carboxylic acid groups (broad SMARTS) is 1. The molecule has 1 aromatic rings. The molecule has 0 atom stereocenters. The van der Waals surface area contributed by atoms with Crippen molar-refractivity contribution in [3.8, 4) is 5.75 Å². The van der Waals surface area contributed by atoms with Gasteiger partial charge >= 0.3 is 5.97 Å². The number of hydrogen-bond acceptors (Lipinski definition) is 2. The predicted molar refractivity (Wildman–Crippen MR) is 78.8 cm³/mol. The van der Waals surface area contributed by atoms with Crippen LogP contribution in [-0.2, 0) is 16.6 Å². The molecule has 0 radical (unpaired) electrons. The van der Waals surface area contributed by atoms with Gasteiger partial charge < -0.3 is 10.2 Å². The minimum absolute atomic E-state index is 0.119. The van der Waals surface area contributed by atoms with E-state index in [-0.39, 0.29) is 11.8 Å². The van der Waals surface area contributed by atoms with Gasteiger partial charge in [-0.05, 0) is 35.4 Å². The normalized spacial score (nSPS) is 10.5. The van der Waals surface area contributed by atoms with Crippen molar-refractivity contribution < 1.29 is 15.0 Å². The van der Waals surface area contributed by atoms with Crippen molar-refractivity contribution in [2.24, 2.45) is 0 Å². The van der Waals surface area contributed by atoms with E-state index in [1.807, 2.05) is 39.8 Å². The van der Waals surface area contributed by atoms with Crippen molar-refractivity contribution in [1.82, 2.24) is 0 Å². The average Bonchev–Trinajstić information content (AvgIpc) is 2.31. The Hall–Kier alpha value is -1.77. The topological polar surface area (TPSA) is 57.5 Å². The van der Waals surface area contributed by atoms with Gasteiger partial charge in [-0.1, -0.05) is 32.9 Å². The molecule has 1 rings (SSSR count). The lowest BCUT2D eigenvalue weighted by molar-refractivity contribution is -0.136. The van der Waals surface area contributed by atoms with Crippen LogP contribution < -0.4 is 0 Å². The molecule has 0 saturated heterocycles. The molecule has 0 spiro atoms. The molecule has 0 fully saturated rings. The standard InChI is InChI=1S/C14H20O3.C2H4/c1-9-7-10(5-6-12(15)16)8-11(13(9)17)14(2,3)4;1-2/h7-8,17H,5-6H2,1-4H3,(H,15,16);1-2H2. The average molecular weight is 264 g/mol. The summed E-state index contributed by atoms with van der Waals surface area (Å²) in [6.07, 6.45) is 0.618. The number of hydrogen-bond donors (Lipinski definition) is 2. The number of carbonyl (C=O) groups is 1. The van der Waals surface area contributed by atoms with Crippen LogP contribution in [0.4, 0.5) is 0 Å². The number of benzene rings is 1. The molecule has 0 saturated carbocycles. The Morgan fingerprint density at radius 3 is 2.21 bits per heavy atom. The first-order chi connectivity index (χ1) is 8.71. The van der Waals surface area contributed by atoms with E-state index in [2.05, 4.69) is 13.2 Å². The van der Waals surface area contributed by atoms with Gasteiger partial charge in [-0.15, -0.1) is 13.2 Å². The lowest BCUT2D eigenvalue weighted by Gasteiger charge is -2.22. The van der Waals surface area contributed by atoms with Gasteiger partial charge in [-0.2, -0.15) is 0 Å². The van der Waals surface area contributed by atoms with E-state index in [0.717, 1.165) is 16.7 Å². The summed E-state index contributed by atoms with van der Waals surface area (Å²) in [5, 5.41) is 18.7. The van der Waals surface area contributed by atoms with Crippen LogP contribution in [0.5, 0.6) is 5.75 Å². The molecule has 1 aromatic carbocycles. The largest absolute Gasteiger partial charge is 0.507 e. The van der Waals surface area contributed by atoms with Crippen LogP contribution in [0.25, 0.3) is 0 Å². The van der Waals surface area contributed by atoms with Crippen molar-refractivity contribution >= 4 is 5.97 Å². The molecule has 19 heavy (non-hydrogen) atoms. The zero-order chi connectivity index (χ0) is 15.2. The van der Waals surface area contributed by atoms with Gasteiger partial charge in [0.1, 0.15) is 5.75 Å². The van der Waals surface area contributed by atoms with Gasteiger partial charge in [0.15, 0.2) is 0 Å². The number of phenols is 1. The van der Waals surface area contributed by atoms with Crippen LogP contribution in [0.2, 0.25) is 0 Å². The fourth-order valence-corrected chi connectivity index (χ4v) is 1.82. The molecule has 0 heterocycles. The van der Waals surface area contributed by atoms with E-state index < -0.39 is 5.97 Å². The molecular formula is C16H24O3. The molecule has 0 amide bonds. The molecule has 0 aromatic heterocycles. The minimum Gasteiger partial charge on any atom is -0.507 e. The number of aryl methyl sites for hydroxylation is 2. The first kappa shape index (κ1) is 17.2. The monoisotopic (exact) mass is 264 g/mol. The highest BCUT2D eigenvalue weighted by Crippen LogP contribution is 2.34. The second-order valence-corrected chi connectivity index (χ2v) is 5.45. The SMILES string of the molecule is C=C.Cc1cc(CCC(=O)O)cc(C(C)(C)C)c1O. The third-order valence-electron chi connectivity index (χ3n) is 2.80. The van der Waals surface area contributed by atoms with Crippen LogP contribution in [-0.4, -0.2) is 16.2 Å². The van der Waals surface area contributed by atoms with Gasteiger partial charge in [-0.25, -0.2) is 0 Å². The number of rotatable bonds is 3. The molecule has 106 valence electrons. The van der Waals surface area contributed by atoms with E-state index in [0.29, 0.717) is 12.2 Å².